The van der Waals surface area contributed by atoms with E-state index in [9.17, 15) is 16.8 Å². The van der Waals surface area contributed by atoms with Crippen molar-refractivity contribution in [1.82, 2.24) is 20.0 Å². The van der Waals surface area contributed by atoms with Gasteiger partial charge >= 0.3 is 0 Å². The number of rotatable bonds is 2. The van der Waals surface area contributed by atoms with Gasteiger partial charge in [-0.1, -0.05) is 12.7 Å². The number of sulfone groups is 1. The minimum atomic E-state index is -3.85. The number of pyridine rings is 1. The topological polar surface area (TPSA) is 111 Å². The van der Waals surface area contributed by atoms with E-state index in [2.05, 4.69) is 22.1 Å². The molecular formula is C9H5IN4O4S2. The second-order valence-corrected chi connectivity index (χ2v) is 10.4. The van der Waals surface area contributed by atoms with Crippen molar-refractivity contribution in [3.63, 3.8) is 0 Å². The van der Waals surface area contributed by atoms with Crippen molar-refractivity contribution in [3.05, 3.63) is 23.2 Å². The Bertz CT molecular complexity index is 1000. The Labute approximate surface area is 125 Å². The van der Waals surface area contributed by atoms with E-state index in [1.807, 2.05) is 0 Å². The van der Waals surface area contributed by atoms with E-state index in [0.717, 1.165) is 5.41 Å². The molecule has 0 N–H and O–H groups in total. The van der Waals surface area contributed by atoms with E-state index in [-0.39, 0.29) is 26.7 Å². The van der Waals surface area contributed by atoms with E-state index in [1.54, 1.807) is 0 Å². The summed E-state index contributed by atoms with van der Waals surface area (Å²) < 4.78 is 49.3. The molecule has 3 rings (SSSR count). The molecule has 11 heteroatoms. The van der Waals surface area contributed by atoms with Gasteiger partial charge in [0.15, 0.2) is 5.65 Å². The highest BCUT2D eigenvalue weighted by molar-refractivity contribution is 14.2. The molecule has 0 amide bonds. The molecule has 0 spiro atoms. The zero-order valence-corrected chi connectivity index (χ0v) is 13.3. The van der Waals surface area contributed by atoms with Crippen LogP contribution in [0.3, 0.4) is 0 Å². The van der Waals surface area contributed by atoms with Crippen molar-refractivity contribution in [2.45, 2.75) is 9.79 Å². The lowest BCUT2D eigenvalue weighted by Crippen LogP contribution is -2.10. The van der Waals surface area contributed by atoms with Crippen LogP contribution in [-0.2, 0) is 16.8 Å². The number of aromatic nitrogens is 4. The fourth-order valence-electron chi connectivity index (χ4n) is 2.02. The number of hydrogen-bond acceptors (Lipinski definition) is 7. The molecular weight excluding hydrogens is 419 g/mol. The second kappa shape index (κ2) is 4.08. The van der Waals surface area contributed by atoms with Crippen LogP contribution in [0.4, 0.5) is 0 Å². The molecule has 0 aromatic carbocycles. The van der Waals surface area contributed by atoms with E-state index in [4.69, 9.17) is 0 Å². The zero-order chi connectivity index (χ0) is 14.7. The van der Waals surface area contributed by atoms with Crippen LogP contribution in [0.25, 0.3) is 17.8 Å². The monoisotopic (exact) mass is 424 g/mol. The van der Waals surface area contributed by atoms with Gasteiger partial charge in [0.2, 0.25) is 16.8 Å². The van der Waals surface area contributed by atoms with E-state index in [1.165, 1.54) is 37.9 Å². The summed E-state index contributed by atoms with van der Waals surface area (Å²) >= 11 is 1.19. The van der Waals surface area contributed by atoms with Crippen molar-refractivity contribution < 1.29 is 16.8 Å². The number of hydrogen-bond donors (Lipinski definition) is 0. The third-order valence-electron chi connectivity index (χ3n) is 2.76. The Morgan fingerprint density at radius 1 is 1.40 bits per heavy atom. The molecule has 2 aromatic rings. The summed E-state index contributed by atoms with van der Waals surface area (Å²) in [5.74, 6) is 0. The highest BCUT2D eigenvalue weighted by atomic mass is 127. The molecule has 20 heavy (non-hydrogen) atoms. The first-order valence-electron chi connectivity index (χ1n) is 5.05. The summed E-state index contributed by atoms with van der Waals surface area (Å²) in [5.41, 5.74) is 0.317. The third kappa shape index (κ3) is 1.73. The van der Waals surface area contributed by atoms with Crippen LogP contribution in [0, 0.1) is 0 Å². The summed E-state index contributed by atoms with van der Waals surface area (Å²) in [5, 5.41) is 11.8. The second-order valence-electron chi connectivity index (χ2n) is 3.86. The van der Waals surface area contributed by atoms with Gasteiger partial charge in [-0.2, -0.15) is 4.52 Å². The summed E-state index contributed by atoms with van der Waals surface area (Å²) in [6.07, 6.45) is 2.50. The Morgan fingerprint density at radius 3 is 2.70 bits per heavy atom. The minimum absolute atomic E-state index is 0.0652. The van der Waals surface area contributed by atoms with Gasteiger partial charge < -0.3 is 0 Å². The fourth-order valence-corrected chi connectivity index (χ4v) is 6.54. The lowest BCUT2D eigenvalue weighted by Gasteiger charge is -2.10. The average molecular weight is 424 g/mol. The highest BCUT2D eigenvalue weighted by Crippen LogP contribution is 2.38. The van der Waals surface area contributed by atoms with Crippen LogP contribution < -0.4 is 0 Å². The molecule has 8 nitrogen and oxygen atoms in total. The Morgan fingerprint density at radius 2 is 2.10 bits per heavy atom. The van der Waals surface area contributed by atoms with Gasteiger partial charge in [0.1, 0.15) is 9.79 Å². The van der Waals surface area contributed by atoms with Crippen molar-refractivity contribution in [3.8, 4) is 0 Å². The highest BCUT2D eigenvalue weighted by Gasteiger charge is 2.35. The predicted octanol–water partition coefficient (Wildman–Crippen LogP) is 0.649. The predicted molar refractivity (Wildman–Crippen MR) is 78.3 cm³/mol. The standard InChI is InChI=1S/C9H5IN4O4S2/c1-2-5-7(20(10,17)18)8-6(3-4-19(8,15)16)14-9(5)11-12-13-14/h2-4H,1H2. The van der Waals surface area contributed by atoms with Gasteiger partial charge in [-0.3, -0.25) is 0 Å². The SMILES string of the molecule is C=Cc1c(S(=O)(=O)I)c2c(n3nnnc13)C=CS2(=O)=O. The summed E-state index contributed by atoms with van der Waals surface area (Å²) in [7, 11) is -7.69. The number of fused-ring (bicyclic) bond motifs is 3. The summed E-state index contributed by atoms with van der Waals surface area (Å²) in [6, 6.07) is 0. The van der Waals surface area contributed by atoms with Gasteiger partial charge in [0.05, 0.1) is 26.9 Å². The molecule has 0 bridgehead atoms. The molecule has 0 saturated heterocycles. The van der Waals surface area contributed by atoms with Crippen LogP contribution in [0.5, 0.6) is 0 Å². The van der Waals surface area contributed by atoms with Gasteiger partial charge in [0.25, 0.3) is 0 Å². The normalized spacial score (nSPS) is 16.4. The van der Waals surface area contributed by atoms with Crippen LogP contribution in [0.1, 0.15) is 11.3 Å². The largest absolute Gasteiger partial charge is 0.233 e. The van der Waals surface area contributed by atoms with Gasteiger partial charge in [-0.25, -0.2) is 16.8 Å². The number of tetrazole rings is 1. The Kier molecular flexibility index (Phi) is 2.78. The van der Waals surface area contributed by atoms with Gasteiger partial charge in [-0.05, 0) is 16.5 Å². The van der Waals surface area contributed by atoms with Crippen molar-refractivity contribution in [2.24, 2.45) is 0 Å². The maximum atomic E-state index is 12.1. The first-order valence-corrected chi connectivity index (χ1v) is 10.6. The molecule has 0 atom stereocenters. The quantitative estimate of drug-likeness (QED) is 0.514. The number of nitrogens with zero attached hydrogens (tertiary/aromatic N) is 4. The van der Waals surface area contributed by atoms with Crippen LogP contribution >= 0.6 is 21.2 Å². The fraction of sp³-hybridized carbons (Fsp3) is 0. The molecule has 1 aliphatic rings. The zero-order valence-electron chi connectivity index (χ0n) is 9.56. The average Bonchev–Trinajstić information content (AvgIpc) is 2.91. The van der Waals surface area contributed by atoms with Crippen LogP contribution in [0.15, 0.2) is 21.8 Å². The molecule has 0 unspecified atom stereocenters. The van der Waals surface area contributed by atoms with E-state index in [0.29, 0.717) is 0 Å². The number of halogens is 1. The smallest absolute Gasteiger partial charge is 0.219 e. The first kappa shape index (κ1) is 13.6. The van der Waals surface area contributed by atoms with Crippen LogP contribution in [0.2, 0.25) is 0 Å². The first-order chi connectivity index (χ1) is 9.27. The molecule has 0 saturated carbocycles. The lowest BCUT2D eigenvalue weighted by molar-refractivity contribution is 0.594. The molecule has 0 aliphatic carbocycles. The van der Waals surface area contributed by atoms with E-state index < -0.39 is 16.8 Å². The summed E-state index contributed by atoms with van der Waals surface area (Å²) in [4.78, 5) is -0.656. The van der Waals surface area contributed by atoms with Crippen molar-refractivity contribution >= 4 is 55.9 Å². The van der Waals surface area contributed by atoms with Crippen molar-refractivity contribution in [1.29, 1.82) is 0 Å². The minimum Gasteiger partial charge on any atom is -0.219 e. The summed E-state index contributed by atoms with van der Waals surface area (Å²) in [6.45, 7) is 3.52. The van der Waals surface area contributed by atoms with E-state index >= 15 is 0 Å². The molecule has 0 radical (unpaired) electrons. The lowest BCUT2D eigenvalue weighted by atomic mass is 10.2. The molecule has 104 valence electrons. The Balaban J connectivity index is 2.72. The Hall–Kier alpha value is -1.34. The van der Waals surface area contributed by atoms with Crippen molar-refractivity contribution in [2.75, 3.05) is 0 Å². The third-order valence-corrected chi connectivity index (χ3v) is 6.60. The molecule has 1 aliphatic heterocycles. The van der Waals surface area contributed by atoms with Crippen LogP contribution in [-0.4, -0.2) is 36.9 Å². The molecule has 2 aromatic heterocycles. The molecule has 3 heterocycles. The molecule has 0 fully saturated rings. The van der Waals surface area contributed by atoms with Gasteiger partial charge in [0, 0.05) is 11.0 Å². The maximum absolute atomic E-state index is 12.1. The van der Waals surface area contributed by atoms with Gasteiger partial charge in [-0.15, -0.1) is 5.10 Å². The maximum Gasteiger partial charge on any atom is 0.233 e.